The van der Waals surface area contributed by atoms with Gasteiger partial charge in [0.15, 0.2) is 0 Å². The van der Waals surface area contributed by atoms with Gasteiger partial charge in [-0.05, 0) is 25.5 Å². The van der Waals surface area contributed by atoms with E-state index < -0.39 is 18.0 Å². The lowest BCUT2D eigenvalue weighted by Crippen LogP contribution is -2.44. The van der Waals surface area contributed by atoms with E-state index in [9.17, 15) is 9.59 Å². The van der Waals surface area contributed by atoms with Crippen LogP contribution in [-0.4, -0.2) is 36.3 Å². The van der Waals surface area contributed by atoms with Gasteiger partial charge in [-0.25, -0.2) is 4.79 Å². The van der Waals surface area contributed by atoms with E-state index in [1.807, 2.05) is 30.3 Å². The maximum atomic E-state index is 11.3. The summed E-state index contributed by atoms with van der Waals surface area (Å²) in [5.41, 5.74) is 0. The quantitative estimate of drug-likeness (QED) is 0.648. The molecule has 0 aliphatic carbocycles. The fourth-order valence-corrected chi connectivity index (χ4v) is 1.29. The number of nitrogens with one attached hydrogen (secondary N) is 2. The molecule has 0 fully saturated rings. The number of hydrogen-bond acceptors (Lipinski definition) is 3. The highest BCUT2D eigenvalue weighted by Gasteiger charge is 2.12. The molecule has 2 amide bonds. The van der Waals surface area contributed by atoms with Gasteiger partial charge in [0.1, 0.15) is 11.8 Å². The van der Waals surface area contributed by atoms with E-state index in [4.69, 9.17) is 9.84 Å². The number of carboxylic acids is 1. The first-order valence-electron chi connectivity index (χ1n) is 6.04. The number of amides is 2. The molecular weight excluding hydrogens is 248 g/mol. The summed E-state index contributed by atoms with van der Waals surface area (Å²) >= 11 is 0. The van der Waals surface area contributed by atoms with Crippen molar-refractivity contribution in [2.75, 3.05) is 13.2 Å². The molecule has 1 aromatic carbocycles. The Morgan fingerprint density at radius 1 is 1.32 bits per heavy atom. The summed E-state index contributed by atoms with van der Waals surface area (Å²) in [6.45, 7) is 2.31. The molecule has 0 unspecified atom stereocenters. The number of carboxylic acid groups (broad SMARTS) is 1. The van der Waals surface area contributed by atoms with Gasteiger partial charge in [-0.3, -0.25) is 4.79 Å². The summed E-state index contributed by atoms with van der Waals surface area (Å²) in [7, 11) is 0. The molecule has 19 heavy (non-hydrogen) atoms. The standard InChI is InChI=1S/C13H18N2O4/c1-10(12(16)17)15-13(18)14-8-5-9-19-11-6-3-2-4-7-11/h2-4,6-7,10H,5,8-9H2,1H3,(H,16,17)(H2,14,15,18)/t10-/m1/s1. The van der Waals surface area contributed by atoms with Crippen LogP contribution in [0.1, 0.15) is 13.3 Å². The average Bonchev–Trinajstić information content (AvgIpc) is 2.39. The van der Waals surface area contributed by atoms with Gasteiger partial charge in [0.05, 0.1) is 6.61 Å². The van der Waals surface area contributed by atoms with Crippen LogP contribution >= 0.6 is 0 Å². The number of para-hydroxylation sites is 1. The second-order valence-electron chi connectivity index (χ2n) is 3.98. The van der Waals surface area contributed by atoms with Crippen molar-refractivity contribution in [1.82, 2.24) is 10.6 Å². The fraction of sp³-hybridized carbons (Fsp3) is 0.385. The Hall–Kier alpha value is -2.24. The highest BCUT2D eigenvalue weighted by Crippen LogP contribution is 2.07. The van der Waals surface area contributed by atoms with E-state index in [0.29, 0.717) is 19.6 Å². The third-order valence-electron chi connectivity index (χ3n) is 2.34. The van der Waals surface area contributed by atoms with E-state index in [1.165, 1.54) is 6.92 Å². The van der Waals surface area contributed by atoms with Crippen molar-refractivity contribution in [3.05, 3.63) is 30.3 Å². The lowest BCUT2D eigenvalue weighted by atomic mass is 10.3. The summed E-state index contributed by atoms with van der Waals surface area (Å²) in [6.07, 6.45) is 0.643. The minimum absolute atomic E-state index is 0.422. The number of rotatable bonds is 7. The number of ether oxygens (including phenoxy) is 1. The first-order valence-corrected chi connectivity index (χ1v) is 6.04. The molecule has 0 saturated heterocycles. The van der Waals surface area contributed by atoms with Crippen molar-refractivity contribution in [2.24, 2.45) is 0 Å². The summed E-state index contributed by atoms with van der Waals surface area (Å²) in [5, 5.41) is 13.5. The van der Waals surface area contributed by atoms with E-state index in [0.717, 1.165) is 5.75 Å². The number of carbonyl (C=O) groups is 2. The number of carbonyl (C=O) groups excluding carboxylic acids is 1. The number of urea groups is 1. The minimum atomic E-state index is -1.07. The number of aliphatic carboxylic acids is 1. The fourth-order valence-electron chi connectivity index (χ4n) is 1.29. The highest BCUT2D eigenvalue weighted by atomic mass is 16.5. The van der Waals surface area contributed by atoms with Crippen molar-refractivity contribution in [2.45, 2.75) is 19.4 Å². The summed E-state index contributed by atoms with van der Waals surface area (Å²) in [5.74, 6) is -0.283. The molecule has 0 heterocycles. The van der Waals surface area contributed by atoms with Gasteiger partial charge >= 0.3 is 12.0 Å². The monoisotopic (exact) mass is 266 g/mol. The smallest absolute Gasteiger partial charge is 0.325 e. The summed E-state index contributed by atoms with van der Waals surface area (Å²) in [6, 6.07) is 7.99. The van der Waals surface area contributed by atoms with Crippen molar-refractivity contribution >= 4 is 12.0 Å². The van der Waals surface area contributed by atoms with Crippen molar-refractivity contribution in [3.8, 4) is 5.75 Å². The third kappa shape index (κ3) is 6.30. The van der Waals surface area contributed by atoms with Crippen LogP contribution in [0, 0.1) is 0 Å². The summed E-state index contributed by atoms with van der Waals surface area (Å²) < 4.78 is 5.44. The Kier molecular flexibility index (Phi) is 6.21. The topological polar surface area (TPSA) is 87.7 Å². The molecule has 0 aliphatic rings. The molecule has 6 heteroatoms. The molecule has 0 saturated carbocycles. The normalized spacial score (nSPS) is 11.4. The zero-order chi connectivity index (χ0) is 14.1. The van der Waals surface area contributed by atoms with Crippen LogP contribution in [0.15, 0.2) is 30.3 Å². The Labute approximate surface area is 111 Å². The van der Waals surface area contributed by atoms with Gasteiger partial charge in [0, 0.05) is 6.54 Å². The molecule has 0 radical (unpaired) electrons. The lowest BCUT2D eigenvalue weighted by molar-refractivity contribution is -0.138. The molecule has 6 nitrogen and oxygen atoms in total. The van der Waals surface area contributed by atoms with E-state index in [-0.39, 0.29) is 0 Å². The number of hydrogen-bond donors (Lipinski definition) is 3. The van der Waals surface area contributed by atoms with Crippen LogP contribution in [0.4, 0.5) is 4.79 Å². The zero-order valence-corrected chi connectivity index (χ0v) is 10.8. The van der Waals surface area contributed by atoms with Gasteiger partial charge in [0.2, 0.25) is 0 Å². The van der Waals surface area contributed by atoms with Gasteiger partial charge in [0.25, 0.3) is 0 Å². The first kappa shape index (κ1) is 14.8. The predicted octanol–water partition coefficient (Wildman–Crippen LogP) is 1.23. The molecule has 0 bridgehead atoms. The van der Waals surface area contributed by atoms with E-state index in [1.54, 1.807) is 0 Å². The van der Waals surface area contributed by atoms with Crippen LogP contribution in [0.3, 0.4) is 0 Å². The first-order chi connectivity index (χ1) is 9.09. The van der Waals surface area contributed by atoms with Crippen molar-refractivity contribution in [3.63, 3.8) is 0 Å². The second-order valence-corrected chi connectivity index (χ2v) is 3.98. The van der Waals surface area contributed by atoms with E-state index >= 15 is 0 Å². The highest BCUT2D eigenvalue weighted by molar-refractivity contribution is 5.82. The maximum absolute atomic E-state index is 11.3. The van der Waals surface area contributed by atoms with Crippen molar-refractivity contribution < 1.29 is 19.4 Å². The molecular formula is C13H18N2O4. The Bertz CT molecular complexity index is 408. The summed E-state index contributed by atoms with van der Waals surface area (Å²) in [4.78, 5) is 21.8. The molecule has 3 N–H and O–H groups in total. The SMILES string of the molecule is C[C@@H](NC(=O)NCCCOc1ccccc1)C(=O)O. The molecule has 0 aromatic heterocycles. The zero-order valence-electron chi connectivity index (χ0n) is 10.8. The Morgan fingerprint density at radius 3 is 2.63 bits per heavy atom. The molecule has 0 spiro atoms. The second kappa shape index (κ2) is 7.97. The largest absolute Gasteiger partial charge is 0.494 e. The molecule has 1 rings (SSSR count). The van der Waals surface area contributed by atoms with Crippen molar-refractivity contribution in [1.29, 1.82) is 0 Å². The third-order valence-corrected chi connectivity index (χ3v) is 2.34. The van der Waals surface area contributed by atoms with Gasteiger partial charge in [-0.2, -0.15) is 0 Å². The van der Waals surface area contributed by atoms with Crippen LogP contribution in [0.5, 0.6) is 5.75 Å². The molecule has 1 atom stereocenters. The maximum Gasteiger partial charge on any atom is 0.325 e. The van der Waals surface area contributed by atoms with Crippen LogP contribution in [-0.2, 0) is 4.79 Å². The average molecular weight is 266 g/mol. The lowest BCUT2D eigenvalue weighted by Gasteiger charge is -2.11. The predicted molar refractivity (Wildman–Crippen MR) is 70.2 cm³/mol. The molecule has 0 aliphatic heterocycles. The Balaban J connectivity index is 2.08. The number of benzene rings is 1. The molecule has 1 aromatic rings. The Morgan fingerprint density at radius 2 is 2.00 bits per heavy atom. The van der Waals surface area contributed by atoms with Crippen LogP contribution in [0.25, 0.3) is 0 Å². The minimum Gasteiger partial charge on any atom is -0.494 e. The van der Waals surface area contributed by atoms with Gasteiger partial charge in [-0.15, -0.1) is 0 Å². The van der Waals surface area contributed by atoms with Crippen LogP contribution in [0.2, 0.25) is 0 Å². The van der Waals surface area contributed by atoms with Gasteiger partial charge < -0.3 is 20.5 Å². The van der Waals surface area contributed by atoms with Gasteiger partial charge in [-0.1, -0.05) is 18.2 Å². The molecule has 104 valence electrons. The van der Waals surface area contributed by atoms with Crippen LogP contribution < -0.4 is 15.4 Å². The van der Waals surface area contributed by atoms with E-state index in [2.05, 4.69) is 10.6 Å².